The molecule has 0 radical (unpaired) electrons. The van der Waals surface area contributed by atoms with Crippen LogP contribution >= 0.6 is 11.3 Å². The van der Waals surface area contributed by atoms with Crippen LogP contribution in [0.3, 0.4) is 0 Å². The van der Waals surface area contributed by atoms with Gasteiger partial charge in [0.15, 0.2) is 0 Å². The molecule has 0 saturated heterocycles. The molecule has 5 heteroatoms. The summed E-state index contributed by atoms with van der Waals surface area (Å²) < 4.78 is 0. The van der Waals surface area contributed by atoms with Gasteiger partial charge in [-0.05, 0) is 35.2 Å². The first-order valence-corrected chi connectivity index (χ1v) is 6.24. The molecule has 0 aromatic carbocycles. The summed E-state index contributed by atoms with van der Waals surface area (Å²) in [5, 5.41) is 18.5. The van der Waals surface area contributed by atoms with E-state index in [1.807, 2.05) is 30.7 Å². The second kappa shape index (κ2) is 6.50. The number of hydrogen-bond acceptors (Lipinski definition) is 3. The van der Waals surface area contributed by atoms with Crippen LogP contribution in [-0.2, 0) is 6.54 Å². The van der Waals surface area contributed by atoms with E-state index in [0.29, 0.717) is 6.54 Å². The Morgan fingerprint density at radius 1 is 1.56 bits per heavy atom. The number of aliphatic hydroxyl groups excluding tert-OH is 1. The summed E-state index contributed by atoms with van der Waals surface area (Å²) >= 11 is 1.61. The lowest BCUT2D eigenvalue weighted by Gasteiger charge is -2.19. The predicted octanol–water partition coefficient (Wildman–Crippen LogP) is 1.56. The van der Waals surface area contributed by atoms with E-state index >= 15 is 0 Å². The van der Waals surface area contributed by atoms with Gasteiger partial charge in [0.05, 0.1) is 0 Å². The van der Waals surface area contributed by atoms with Gasteiger partial charge in [0, 0.05) is 19.2 Å². The number of hydrogen-bond donors (Lipinski definition) is 3. The molecule has 4 nitrogen and oxygen atoms in total. The van der Waals surface area contributed by atoms with Crippen LogP contribution in [0.1, 0.15) is 19.4 Å². The van der Waals surface area contributed by atoms with Gasteiger partial charge in [0.2, 0.25) is 0 Å². The summed E-state index contributed by atoms with van der Waals surface area (Å²) in [6, 6.07) is 1.75. The van der Waals surface area contributed by atoms with Crippen LogP contribution in [-0.4, -0.2) is 23.8 Å². The number of urea groups is 1. The molecule has 16 heavy (non-hydrogen) atoms. The predicted molar refractivity (Wildman–Crippen MR) is 65.4 cm³/mol. The molecule has 0 aliphatic heterocycles. The first-order chi connectivity index (χ1) is 7.63. The van der Waals surface area contributed by atoms with E-state index in [1.54, 1.807) is 11.3 Å². The summed E-state index contributed by atoms with van der Waals surface area (Å²) in [6.45, 7) is 4.39. The van der Waals surface area contributed by atoms with E-state index in [9.17, 15) is 4.79 Å². The van der Waals surface area contributed by atoms with Crippen molar-refractivity contribution in [1.82, 2.24) is 10.6 Å². The molecule has 2 amide bonds. The Kier molecular flexibility index (Phi) is 5.28. The highest BCUT2D eigenvalue weighted by Crippen LogP contribution is 2.05. The summed E-state index contributed by atoms with van der Waals surface area (Å²) in [5.41, 5.74) is 1.10. The zero-order valence-electron chi connectivity index (χ0n) is 9.56. The summed E-state index contributed by atoms with van der Waals surface area (Å²) in [4.78, 5) is 11.5. The van der Waals surface area contributed by atoms with Crippen molar-refractivity contribution < 1.29 is 9.90 Å². The molecule has 0 bridgehead atoms. The maximum absolute atomic E-state index is 11.5. The monoisotopic (exact) mass is 242 g/mol. The molecule has 1 aromatic rings. The zero-order valence-corrected chi connectivity index (χ0v) is 10.4. The van der Waals surface area contributed by atoms with Crippen molar-refractivity contribution in [3.05, 3.63) is 22.4 Å². The molecule has 1 rings (SSSR count). The number of nitrogens with one attached hydrogen (secondary N) is 2. The molecule has 90 valence electrons. The Morgan fingerprint density at radius 3 is 2.88 bits per heavy atom. The number of rotatable bonds is 5. The minimum absolute atomic E-state index is 0.0347. The van der Waals surface area contributed by atoms with Crippen molar-refractivity contribution in [2.24, 2.45) is 5.92 Å². The lowest BCUT2D eigenvalue weighted by atomic mass is 10.1. The van der Waals surface area contributed by atoms with Gasteiger partial charge < -0.3 is 15.7 Å². The van der Waals surface area contributed by atoms with Crippen LogP contribution in [0.4, 0.5) is 4.79 Å². The molecule has 0 aliphatic rings. The van der Waals surface area contributed by atoms with Crippen LogP contribution in [0, 0.1) is 5.92 Å². The number of amides is 2. The number of thiophene rings is 1. The number of carbonyl (C=O) groups excluding carboxylic acids is 1. The average molecular weight is 242 g/mol. The molecule has 0 aliphatic carbocycles. The standard InChI is InChI=1S/C11H18N2O2S/c1-8(6-14)9(2)13-11(15)12-5-10-3-4-16-7-10/h3-4,7-9,14H,5-6H2,1-2H3,(H2,12,13,15). The average Bonchev–Trinajstić information content (AvgIpc) is 2.78. The van der Waals surface area contributed by atoms with Crippen molar-refractivity contribution in [2.45, 2.75) is 26.4 Å². The Balaban J connectivity index is 2.25. The Bertz CT molecular complexity index is 314. The molecule has 1 heterocycles. The smallest absolute Gasteiger partial charge is 0.315 e. The minimum atomic E-state index is -0.195. The highest BCUT2D eigenvalue weighted by molar-refractivity contribution is 7.07. The van der Waals surface area contributed by atoms with E-state index in [-0.39, 0.29) is 24.6 Å². The quantitative estimate of drug-likeness (QED) is 0.734. The second-order valence-corrected chi connectivity index (χ2v) is 4.69. The van der Waals surface area contributed by atoms with E-state index in [4.69, 9.17) is 5.11 Å². The third-order valence-corrected chi connectivity index (χ3v) is 3.27. The minimum Gasteiger partial charge on any atom is -0.396 e. The van der Waals surface area contributed by atoms with E-state index in [0.717, 1.165) is 5.56 Å². The fourth-order valence-corrected chi connectivity index (χ4v) is 1.80. The fourth-order valence-electron chi connectivity index (χ4n) is 1.13. The van der Waals surface area contributed by atoms with Crippen LogP contribution < -0.4 is 10.6 Å². The highest BCUT2D eigenvalue weighted by atomic mass is 32.1. The third-order valence-electron chi connectivity index (χ3n) is 2.53. The molecule has 2 unspecified atom stereocenters. The van der Waals surface area contributed by atoms with Gasteiger partial charge in [0.1, 0.15) is 0 Å². The Hall–Kier alpha value is -1.07. The first-order valence-electron chi connectivity index (χ1n) is 5.29. The van der Waals surface area contributed by atoms with Crippen molar-refractivity contribution in [1.29, 1.82) is 0 Å². The van der Waals surface area contributed by atoms with Crippen molar-refractivity contribution in [3.63, 3.8) is 0 Å². The van der Waals surface area contributed by atoms with Crippen LogP contribution in [0.2, 0.25) is 0 Å². The van der Waals surface area contributed by atoms with Gasteiger partial charge in [-0.3, -0.25) is 0 Å². The van der Waals surface area contributed by atoms with Gasteiger partial charge in [-0.1, -0.05) is 6.92 Å². The summed E-state index contributed by atoms with van der Waals surface area (Å²) in [7, 11) is 0. The molecule has 3 N–H and O–H groups in total. The van der Waals surface area contributed by atoms with Crippen molar-refractivity contribution in [3.8, 4) is 0 Å². The molecule has 2 atom stereocenters. The van der Waals surface area contributed by atoms with E-state index in [2.05, 4.69) is 10.6 Å². The molecular formula is C11H18N2O2S. The maximum atomic E-state index is 11.5. The third kappa shape index (κ3) is 4.20. The number of aliphatic hydroxyl groups is 1. The van der Waals surface area contributed by atoms with Gasteiger partial charge in [0.25, 0.3) is 0 Å². The number of carbonyl (C=O) groups is 1. The van der Waals surface area contributed by atoms with Crippen LogP contribution in [0.25, 0.3) is 0 Å². The second-order valence-electron chi connectivity index (χ2n) is 3.91. The SMILES string of the molecule is CC(CO)C(C)NC(=O)NCc1ccsc1. The highest BCUT2D eigenvalue weighted by Gasteiger charge is 2.13. The summed E-state index contributed by atoms with van der Waals surface area (Å²) in [6.07, 6.45) is 0. The fraction of sp³-hybridized carbons (Fsp3) is 0.545. The van der Waals surface area contributed by atoms with Gasteiger partial charge in [-0.25, -0.2) is 4.79 Å². The molecular weight excluding hydrogens is 224 g/mol. The maximum Gasteiger partial charge on any atom is 0.315 e. The van der Waals surface area contributed by atoms with Crippen molar-refractivity contribution >= 4 is 17.4 Å². The molecule has 0 saturated carbocycles. The van der Waals surface area contributed by atoms with E-state index < -0.39 is 0 Å². The van der Waals surface area contributed by atoms with Crippen LogP contribution in [0.5, 0.6) is 0 Å². The van der Waals surface area contributed by atoms with Crippen molar-refractivity contribution in [2.75, 3.05) is 6.61 Å². The van der Waals surface area contributed by atoms with E-state index in [1.165, 1.54) is 0 Å². The lowest BCUT2D eigenvalue weighted by Crippen LogP contribution is -2.43. The first kappa shape index (κ1) is 13.0. The summed E-state index contributed by atoms with van der Waals surface area (Å²) in [5.74, 6) is 0.0619. The normalized spacial score (nSPS) is 14.2. The Labute approximate surface area is 99.7 Å². The molecule has 1 aromatic heterocycles. The van der Waals surface area contributed by atoms with Gasteiger partial charge in [-0.2, -0.15) is 11.3 Å². The zero-order chi connectivity index (χ0) is 12.0. The Morgan fingerprint density at radius 2 is 2.31 bits per heavy atom. The topological polar surface area (TPSA) is 61.4 Å². The molecule has 0 spiro atoms. The molecule has 0 fully saturated rings. The van der Waals surface area contributed by atoms with Crippen LogP contribution in [0.15, 0.2) is 16.8 Å². The van der Waals surface area contributed by atoms with Gasteiger partial charge in [-0.15, -0.1) is 0 Å². The lowest BCUT2D eigenvalue weighted by molar-refractivity contribution is 0.200. The largest absolute Gasteiger partial charge is 0.396 e. The van der Waals surface area contributed by atoms with Gasteiger partial charge >= 0.3 is 6.03 Å².